The normalized spacial score (nSPS) is 20.3. The first-order chi connectivity index (χ1) is 12.1. The Kier molecular flexibility index (Phi) is 4.72. The zero-order chi connectivity index (χ0) is 19.1. The standard InChI is InChI=1S/C16H18ClN5O3S/c1-16(2,21-22-18)13-8-20-15(12-7-19-14(17)6-11(12)13)25-9-4-10(5-9)26(3,23)24/h6-10H,4-5H2,1-3H3/t9-,10-. The third-order valence-corrected chi connectivity index (χ3v) is 6.39. The van der Waals surface area contributed by atoms with Gasteiger partial charge in [0, 0.05) is 36.4 Å². The van der Waals surface area contributed by atoms with Crippen molar-refractivity contribution < 1.29 is 13.2 Å². The molecule has 1 saturated carbocycles. The van der Waals surface area contributed by atoms with E-state index in [0.717, 1.165) is 5.39 Å². The fourth-order valence-electron chi connectivity index (χ4n) is 2.95. The van der Waals surface area contributed by atoms with E-state index in [1.54, 1.807) is 32.3 Å². The van der Waals surface area contributed by atoms with Crippen LogP contribution in [0.15, 0.2) is 23.6 Å². The molecule has 26 heavy (non-hydrogen) atoms. The molecule has 0 spiro atoms. The number of pyridine rings is 2. The van der Waals surface area contributed by atoms with Crippen LogP contribution in [0.3, 0.4) is 0 Å². The van der Waals surface area contributed by atoms with E-state index in [-0.39, 0.29) is 11.4 Å². The minimum absolute atomic E-state index is 0.211. The lowest BCUT2D eigenvalue weighted by molar-refractivity contribution is 0.119. The molecule has 10 heteroatoms. The monoisotopic (exact) mass is 395 g/mol. The summed E-state index contributed by atoms with van der Waals surface area (Å²) >= 11 is 6.04. The molecule has 3 rings (SSSR count). The van der Waals surface area contributed by atoms with Gasteiger partial charge in [0.15, 0.2) is 9.84 Å². The number of aromatic nitrogens is 2. The van der Waals surface area contributed by atoms with Gasteiger partial charge in [0.2, 0.25) is 5.88 Å². The van der Waals surface area contributed by atoms with Crippen LogP contribution in [0.1, 0.15) is 32.3 Å². The topological polar surface area (TPSA) is 118 Å². The Hall–Kier alpha value is -2.09. The van der Waals surface area contributed by atoms with Gasteiger partial charge < -0.3 is 4.74 Å². The molecule has 0 saturated heterocycles. The summed E-state index contributed by atoms with van der Waals surface area (Å²) < 4.78 is 29.0. The fourth-order valence-corrected chi connectivity index (χ4v) is 4.24. The maximum Gasteiger partial charge on any atom is 0.223 e. The molecular formula is C16H18ClN5O3S. The van der Waals surface area contributed by atoms with E-state index < -0.39 is 15.4 Å². The molecule has 2 aromatic rings. The molecule has 0 bridgehead atoms. The number of azide groups is 1. The summed E-state index contributed by atoms with van der Waals surface area (Å²) in [6.45, 7) is 3.56. The van der Waals surface area contributed by atoms with Crippen molar-refractivity contribution in [3.63, 3.8) is 0 Å². The average molecular weight is 396 g/mol. The van der Waals surface area contributed by atoms with Crippen molar-refractivity contribution in [1.82, 2.24) is 9.97 Å². The second kappa shape index (κ2) is 6.57. The van der Waals surface area contributed by atoms with Crippen molar-refractivity contribution >= 4 is 32.2 Å². The van der Waals surface area contributed by atoms with Gasteiger partial charge >= 0.3 is 0 Å². The number of sulfone groups is 1. The lowest BCUT2D eigenvalue weighted by Gasteiger charge is -2.34. The second-order valence-corrected chi connectivity index (χ2v) is 9.65. The van der Waals surface area contributed by atoms with Crippen molar-refractivity contribution in [1.29, 1.82) is 0 Å². The van der Waals surface area contributed by atoms with Gasteiger partial charge in [-0.2, -0.15) is 0 Å². The van der Waals surface area contributed by atoms with Gasteiger partial charge in [0.05, 0.1) is 16.2 Å². The minimum Gasteiger partial charge on any atom is -0.474 e. The number of fused-ring (bicyclic) bond motifs is 1. The Morgan fingerprint density at radius 2 is 2.00 bits per heavy atom. The molecule has 1 aliphatic carbocycles. The summed E-state index contributed by atoms with van der Waals surface area (Å²) in [7, 11) is -3.05. The molecule has 0 radical (unpaired) electrons. The molecule has 0 aliphatic heterocycles. The molecule has 0 atom stereocenters. The highest BCUT2D eigenvalue weighted by molar-refractivity contribution is 7.91. The Morgan fingerprint density at radius 1 is 1.31 bits per heavy atom. The van der Waals surface area contributed by atoms with Gasteiger partial charge in [0.1, 0.15) is 11.3 Å². The van der Waals surface area contributed by atoms with E-state index in [0.29, 0.717) is 34.8 Å². The molecule has 0 aromatic carbocycles. The molecule has 0 amide bonds. The smallest absolute Gasteiger partial charge is 0.223 e. The maximum absolute atomic E-state index is 11.5. The molecule has 1 fully saturated rings. The van der Waals surface area contributed by atoms with Crippen molar-refractivity contribution in [2.24, 2.45) is 5.11 Å². The molecule has 138 valence electrons. The van der Waals surface area contributed by atoms with Gasteiger partial charge in [-0.15, -0.1) is 0 Å². The van der Waals surface area contributed by atoms with Crippen molar-refractivity contribution in [2.45, 2.75) is 43.6 Å². The molecule has 8 nitrogen and oxygen atoms in total. The van der Waals surface area contributed by atoms with Gasteiger partial charge in [0.25, 0.3) is 0 Å². The number of halogens is 1. The van der Waals surface area contributed by atoms with Crippen molar-refractivity contribution in [3.05, 3.63) is 39.6 Å². The summed E-state index contributed by atoms with van der Waals surface area (Å²) in [4.78, 5) is 11.3. The van der Waals surface area contributed by atoms with E-state index in [1.807, 2.05) is 0 Å². The van der Waals surface area contributed by atoms with E-state index >= 15 is 0 Å². The Bertz CT molecular complexity index is 1010. The minimum atomic E-state index is -3.05. The van der Waals surface area contributed by atoms with E-state index in [4.69, 9.17) is 21.9 Å². The first-order valence-corrected chi connectivity index (χ1v) is 10.3. The van der Waals surface area contributed by atoms with Gasteiger partial charge in [-0.25, -0.2) is 18.4 Å². The quantitative estimate of drug-likeness (QED) is 0.330. The zero-order valence-corrected chi connectivity index (χ0v) is 16.1. The second-order valence-electron chi connectivity index (χ2n) is 6.94. The molecule has 1 aliphatic rings. The van der Waals surface area contributed by atoms with Crippen LogP contribution in [-0.2, 0) is 15.4 Å². The number of ether oxygens (including phenoxy) is 1. The predicted octanol–water partition coefficient (Wildman–Crippen LogP) is 3.78. The first-order valence-electron chi connectivity index (χ1n) is 7.98. The van der Waals surface area contributed by atoms with Crippen molar-refractivity contribution in [3.8, 4) is 5.88 Å². The van der Waals surface area contributed by atoms with E-state index in [9.17, 15) is 8.42 Å². The SMILES string of the molecule is CC(C)(N=[N+]=[N-])c1cnc(O[C@H]2C[C@H](S(C)(=O)=O)C2)c2cnc(Cl)cc12. The summed E-state index contributed by atoms with van der Waals surface area (Å²) in [5.41, 5.74) is 8.69. The first kappa shape index (κ1) is 18.7. The van der Waals surface area contributed by atoms with Crippen LogP contribution in [0, 0.1) is 0 Å². The predicted molar refractivity (Wildman–Crippen MR) is 99.0 cm³/mol. The van der Waals surface area contributed by atoms with E-state index in [2.05, 4.69) is 20.0 Å². The molecule has 0 unspecified atom stereocenters. The van der Waals surface area contributed by atoms with Crippen molar-refractivity contribution in [2.75, 3.05) is 6.26 Å². The van der Waals surface area contributed by atoms with Crippen LogP contribution in [0.2, 0.25) is 5.15 Å². The average Bonchev–Trinajstić information content (AvgIpc) is 2.48. The van der Waals surface area contributed by atoms with Crippen LogP contribution in [0.5, 0.6) is 5.88 Å². The number of nitrogens with zero attached hydrogens (tertiary/aromatic N) is 5. The van der Waals surface area contributed by atoms with Crippen LogP contribution >= 0.6 is 11.6 Å². The summed E-state index contributed by atoms with van der Waals surface area (Å²) in [6.07, 6.45) is 5.05. The number of hydrogen-bond acceptors (Lipinski definition) is 6. The van der Waals surface area contributed by atoms with Gasteiger partial charge in [-0.1, -0.05) is 30.6 Å². The Labute approximate surface area is 156 Å². The third kappa shape index (κ3) is 3.56. The van der Waals surface area contributed by atoms with Crippen LogP contribution < -0.4 is 4.74 Å². The van der Waals surface area contributed by atoms with E-state index in [1.165, 1.54) is 6.26 Å². The number of hydrogen-bond donors (Lipinski definition) is 0. The van der Waals surface area contributed by atoms with Crippen LogP contribution in [0.4, 0.5) is 0 Å². The lowest BCUT2D eigenvalue weighted by atomic mass is 9.92. The molecule has 2 aromatic heterocycles. The molecule has 2 heterocycles. The van der Waals surface area contributed by atoms with Gasteiger partial charge in [-0.05, 0) is 22.5 Å². The summed E-state index contributed by atoms with van der Waals surface area (Å²) in [6, 6.07) is 1.68. The fraction of sp³-hybridized carbons (Fsp3) is 0.500. The Morgan fingerprint density at radius 3 is 2.62 bits per heavy atom. The lowest BCUT2D eigenvalue weighted by Crippen LogP contribution is -2.42. The summed E-state index contributed by atoms with van der Waals surface area (Å²) in [5.74, 6) is 0.363. The third-order valence-electron chi connectivity index (χ3n) is 4.59. The Balaban J connectivity index is 1.98. The number of rotatable bonds is 5. The summed E-state index contributed by atoms with van der Waals surface area (Å²) in [5, 5.41) is 5.13. The maximum atomic E-state index is 11.5. The zero-order valence-electron chi connectivity index (χ0n) is 14.5. The van der Waals surface area contributed by atoms with Crippen LogP contribution in [0.25, 0.3) is 21.2 Å². The van der Waals surface area contributed by atoms with Crippen LogP contribution in [-0.4, -0.2) is 36.0 Å². The highest BCUT2D eigenvalue weighted by Crippen LogP contribution is 2.37. The van der Waals surface area contributed by atoms with Gasteiger partial charge in [-0.3, -0.25) is 0 Å². The molecular weight excluding hydrogens is 378 g/mol. The largest absolute Gasteiger partial charge is 0.474 e. The highest BCUT2D eigenvalue weighted by Gasteiger charge is 2.38. The molecule has 0 N–H and O–H groups in total. The highest BCUT2D eigenvalue weighted by atomic mass is 35.5.